The predicted molar refractivity (Wildman–Crippen MR) is 99.9 cm³/mol. The Kier molecular flexibility index (Phi) is 6.51. The summed E-state index contributed by atoms with van der Waals surface area (Å²) >= 11 is 5.73. The summed E-state index contributed by atoms with van der Waals surface area (Å²) in [6.45, 7) is 0. The van der Waals surface area contributed by atoms with E-state index in [1.807, 2.05) is 0 Å². The number of nitrogens with one attached hydrogen (secondary N) is 2. The van der Waals surface area contributed by atoms with Gasteiger partial charge in [-0.1, -0.05) is 11.6 Å². The van der Waals surface area contributed by atoms with E-state index in [0.717, 1.165) is 20.3 Å². The molecule has 0 aliphatic heterocycles. The minimum absolute atomic E-state index is 0.00169. The maximum absolute atomic E-state index is 12.2. The molecule has 0 saturated carbocycles. The Bertz CT molecular complexity index is 928. The van der Waals surface area contributed by atoms with Crippen LogP contribution in [0.2, 0.25) is 5.02 Å². The molecule has 0 unspecified atom stereocenters. The number of nitro benzene ring substituents is 1. The average molecular weight is 408 g/mol. The van der Waals surface area contributed by atoms with E-state index in [2.05, 4.69) is 20.1 Å². The molecular weight excluding hydrogens is 394 g/mol. The van der Waals surface area contributed by atoms with Gasteiger partial charge in [0.15, 0.2) is 0 Å². The number of amides is 2. The van der Waals surface area contributed by atoms with Gasteiger partial charge in [0.25, 0.3) is 5.69 Å². The van der Waals surface area contributed by atoms with Gasteiger partial charge in [-0.25, -0.2) is 14.4 Å². The molecule has 0 saturated heterocycles. The van der Waals surface area contributed by atoms with Crippen LogP contribution in [0.1, 0.15) is 20.7 Å². The predicted octanol–water partition coefficient (Wildman–Crippen LogP) is 3.47. The molecule has 2 rings (SSSR count). The third kappa shape index (κ3) is 4.95. The zero-order chi connectivity index (χ0) is 20.8. The second-order valence-electron chi connectivity index (χ2n) is 5.28. The lowest BCUT2D eigenvalue weighted by atomic mass is 10.1. The molecule has 0 bridgehead atoms. The molecule has 2 aromatic carbocycles. The van der Waals surface area contributed by atoms with E-state index in [1.54, 1.807) is 0 Å². The third-order valence-electron chi connectivity index (χ3n) is 3.44. The van der Waals surface area contributed by atoms with Crippen LogP contribution in [0.15, 0.2) is 36.4 Å². The Labute approximate surface area is 163 Å². The molecule has 11 heteroatoms. The smallest absolute Gasteiger partial charge is 0.337 e. The normalized spacial score (nSPS) is 9.96. The van der Waals surface area contributed by atoms with E-state index in [0.29, 0.717) is 0 Å². The summed E-state index contributed by atoms with van der Waals surface area (Å²) in [5.41, 5.74) is -0.431. The topological polar surface area (TPSA) is 137 Å². The molecule has 146 valence electrons. The lowest BCUT2D eigenvalue weighted by molar-refractivity contribution is -0.383. The molecule has 0 aliphatic rings. The van der Waals surface area contributed by atoms with Crippen molar-refractivity contribution in [2.45, 2.75) is 0 Å². The molecule has 0 aliphatic carbocycles. The zero-order valence-corrected chi connectivity index (χ0v) is 15.4. The first-order chi connectivity index (χ1) is 13.2. The summed E-state index contributed by atoms with van der Waals surface area (Å²) in [5.74, 6) is -1.47. The van der Waals surface area contributed by atoms with Crippen molar-refractivity contribution >= 4 is 46.6 Å². The van der Waals surface area contributed by atoms with Crippen LogP contribution in [0.3, 0.4) is 0 Å². The van der Waals surface area contributed by atoms with E-state index >= 15 is 0 Å². The Morgan fingerprint density at radius 1 is 0.964 bits per heavy atom. The lowest BCUT2D eigenvalue weighted by Gasteiger charge is -2.11. The molecule has 0 aromatic heterocycles. The fourth-order valence-corrected chi connectivity index (χ4v) is 2.38. The number of halogens is 1. The largest absolute Gasteiger partial charge is 0.465 e. The van der Waals surface area contributed by atoms with Gasteiger partial charge in [-0.3, -0.25) is 10.1 Å². The van der Waals surface area contributed by atoms with E-state index in [1.165, 1.54) is 30.3 Å². The van der Waals surface area contributed by atoms with Crippen LogP contribution in [0.25, 0.3) is 0 Å². The van der Waals surface area contributed by atoms with Gasteiger partial charge in [-0.05, 0) is 30.3 Å². The maximum Gasteiger partial charge on any atom is 0.337 e. The van der Waals surface area contributed by atoms with Crippen LogP contribution in [0.4, 0.5) is 21.9 Å². The highest BCUT2D eigenvalue weighted by Crippen LogP contribution is 2.28. The number of urea groups is 1. The standard InChI is InChI=1S/C17H14ClN3O7/c1-27-15(22)9-5-10(16(23)28-2)7-12(6-9)19-17(24)20-13-4-3-11(18)8-14(13)21(25)26/h3-8H,1-2H3,(H2,19,20,24). The Hall–Kier alpha value is -3.66. The first-order valence-corrected chi connectivity index (χ1v) is 7.96. The number of nitrogens with zero attached hydrogens (tertiary/aromatic N) is 1. The zero-order valence-electron chi connectivity index (χ0n) is 14.6. The highest BCUT2D eigenvalue weighted by atomic mass is 35.5. The van der Waals surface area contributed by atoms with Gasteiger partial charge in [0.05, 0.1) is 30.3 Å². The monoisotopic (exact) mass is 407 g/mol. The molecular formula is C17H14ClN3O7. The van der Waals surface area contributed by atoms with Crippen LogP contribution in [0.5, 0.6) is 0 Å². The number of rotatable bonds is 5. The number of esters is 2. The molecule has 0 radical (unpaired) electrons. The molecule has 10 nitrogen and oxygen atoms in total. The van der Waals surface area contributed by atoms with Gasteiger partial charge >= 0.3 is 18.0 Å². The van der Waals surface area contributed by atoms with Crippen molar-refractivity contribution in [1.29, 1.82) is 0 Å². The summed E-state index contributed by atoms with van der Waals surface area (Å²) in [6, 6.07) is 6.67. The van der Waals surface area contributed by atoms with Gasteiger partial charge in [0, 0.05) is 16.8 Å². The molecule has 0 atom stereocenters. The number of ether oxygens (including phenoxy) is 2. The number of carbonyl (C=O) groups is 3. The number of hydrogen-bond acceptors (Lipinski definition) is 7. The summed E-state index contributed by atoms with van der Waals surface area (Å²) in [6.07, 6.45) is 0. The number of nitro groups is 1. The van der Waals surface area contributed by atoms with Crippen LogP contribution >= 0.6 is 11.6 Å². The summed E-state index contributed by atoms with van der Waals surface area (Å²) in [5, 5.41) is 15.9. The Balaban J connectivity index is 2.30. The molecule has 2 N–H and O–H groups in total. The summed E-state index contributed by atoms with van der Waals surface area (Å²) in [7, 11) is 2.32. The maximum atomic E-state index is 12.2. The molecule has 28 heavy (non-hydrogen) atoms. The number of benzene rings is 2. The number of carbonyl (C=O) groups excluding carboxylic acids is 3. The second-order valence-corrected chi connectivity index (χ2v) is 5.72. The van der Waals surface area contributed by atoms with Crippen molar-refractivity contribution in [2.24, 2.45) is 0 Å². The van der Waals surface area contributed by atoms with Crippen molar-refractivity contribution in [2.75, 3.05) is 24.9 Å². The fraction of sp³-hybridized carbons (Fsp3) is 0.118. The van der Waals surface area contributed by atoms with Gasteiger partial charge < -0.3 is 20.1 Å². The quantitative estimate of drug-likeness (QED) is 0.439. The molecule has 0 fully saturated rings. The van der Waals surface area contributed by atoms with E-state index in [4.69, 9.17) is 11.6 Å². The molecule has 2 aromatic rings. The fourth-order valence-electron chi connectivity index (χ4n) is 2.22. The van der Waals surface area contributed by atoms with Crippen molar-refractivity contribution in [3.05, 3.63) is 62.7 Å². The molecule has 0 heterocycles. The minimum atomic E-state index is -0.844. The van der Waals surface area contributed by atoms with Crippen molar-refractivity contribution in [3.63, 3.8) is 0 Å². The van der Waals surface area contributed by atoms with Gasteiger partial charge in [0.2, 0.25) is 0 Å². The Morgan fingerprint density at radius 3 is 2.04 bits per heavy atom. The first-order valence-electron chi connectivity index (χ1n) is 7.58. The lowest BCUT2D eigenvalue weighted by Crippen LogP contribution is -2.21. The van der Waals surface area contributed by atoms with Crippen molar-refractivity contribution in [3.8, 4) is 0 Å². The highest BCUT2D eigenvalue weighted by molar-refractivity contribution is 6.31. The third-order valence-corrected chi connectivity index (χ3v) is 3.67. The van der Waals surface area contributed by atoms with Crippen molar-refractivity contribution < 1.29 is 28.8 Å². The van der Waals surface area contributed by atoms with E-state index in [9.17, 15) is 24.5 Å². The van der Waals surface area contributed by atoms with E-state index < -0.39 is 28.6 Å². The summed E-state index contributed by atoms with van der Waals surface area (Å²) < 4.78 is 9.21. The van der Waals surface area contributed by atoms with Gasteiger partial charge in [0.1, 0.15) is 5.69 Å². The van der Waals surface area contributed by atoms with E-state index in [-0.39, 0.29) is 27.5 Å². The second kappa shape index (κ2) is 8.82. The first kappa shape index (κ1) is 20.6. The minimum Gasteiger partial charge on any atom is -0.465 e. The molecule has 0 spiro atoms. The van der Waals surface area contributed by atoms with Gasteiger partial charge in [-0.15, -0.1) is 0 Å². The summed E-state index contributed by atoms with van der Waals surface area (Å²) in [4.78, 5) is 46.2. The van der Waals surface area contributed by atoms with Crippen molar-refractivity contribution in [1.82, 2.24) is 0 Å². The van der Waals surface area contributed by atoms with Crippen LogP contribution in [-0.2, 0) is 9.47 Å². The van der Waals surface area contributed by atoms with Crippen LogP contribution < -0.4 is 10.6 Å². The Morgan fingerprint density at radius 2 is 1.54 bits per heavy atom. The SMILES string of the molecule is COC(=O)c1cc(NC(=O)Nc2ccc(Cl)cc2[N+](=O)[O-])cc(C(=O)OC)c1. The number of hydrogen-bond donors (Lipinski definition) is 2. The van der Waals surface area contributed by atoms with Crippen LogP contribution in [0, 0.1) is 10.1 Å². The highest BCUT2D eigenvalue weighted by Gasteiger charge is 2.18. The molecule has 2 amide bonds. The average Bonchev–Trinajstić information content (AvgIpc) is 2.67. The van der Waals surface area contributed by atoms with Crippen LogP contribution in [-0.4, -0.2) is 37.1 Å². The number of anilines is 2. The van der Waals surface area contributed by atoms with Gasteiger partial charge in [-0.2, -0.15) is 0 Å². The number of methoxy groups -OCH3 is 2.